The Kier molecular flexibility index (Phi) is 3.83. The molecule has 0 saturated carbocycles. The van der Waals surface area contributed by atoms with Gasteiger partial charge in [-0.25, -0.2) is 0 Å². The maximum atomic E-state index is 11.6. The zero-order chi connectivity index (χ0) is 12.1. The number of rotatable bonds is 4. The van der Waals surface area contributed by atoms with Gasteiger partial charge < -0.3 is 9.73 Å². The molecule has 88 valence electrons. The van der Waals surface area contributed by atoms with Gasteiger partial charge in [0.25, 0.3) is 5.91 Å². The molecular formula is C13H12ClNO2. The van der Waals surface area contributed by atoms with E-state index in [9.17, 15) is 4.79 Å². The molecule has 4 heteroatoms. The molecule has 0 aliphatic rings. The molecule has 1 amide bonds. The fraction of sp³-hybridized carbons (Fsp3) is 0.154. The summed E-state index contributed by atoms with van der Waals surface area (Å²) < 4.78 is 4.83. The average molecular weight is 250 g/mol. The highest BCUT2D eigenvalue weighted by molar-refractivity contribution is 6.21. The summed E-state index contributed by atoms with van der Waals surface area (Å²) in [6.07, 6.45) is 2.87. The van der Waals surface area contributed by atoms with Crippen LogP contribution >= 0.6 is 11.6 Å². The Morgan fingerprint density at radius 2 is 2.06 bits per heavy atom. The van der Waals surface area contributed by atoms with E-state index in [2.05, 4.69) is 5.32 Å². The molecule has 0 radical (unpaired) electrons. The summed E-state index contributed by atoms with van der Waals surface area (Å²) >= 11 is 6.17. The van der Waals surface area contributed by atoms with Crippen molar-refractivity contribution in [1.82, 2.24) is 5.32 Å². The highest BCUT2D eigenvalue weighted by atomic mass is 35.5. The van der Waals surface area contributed by atoms with Gasteiger partial charge in [0.1, 0.15) is 6.26 Å². The number of hydrogen-bond donors (Lipinski definition) is 1. The fourth-order valence-electron chi connectivity index (χ4n) is 1.46. The zero-order valence-electron chi connectivity index (χ0n) is 9.10. The minimum atomic E-state index is -0.230. The molecular weight excluding hydrogens is 238 g/mol. The molecule has 0 spiro atoms. The number of hydrogen-bond acceptors (Lipinski definition) is 2. The third-order valence-electron chi connectivity index (χ3n) is 2.39. The summed E-state index contributed by atoms with van der Waals surface area (Å²) in [5, 5.41) is 2.52. The van der Waals surface area contributed by atoms with Crippen molar-refractivity contribution in [3.05, 3.63) is 60.1 Å². The van der Waals surface area contributed by atoms with Crippen molar-refractivity contribution in [2.75, 3.05) is 6.54 Å². The number of amides is 1. The summed E-state index contributed by atoms with van der Waals surface area (Å²) in [6, 6.07) is 11.2. The van der Waals surface area contributed by atoms with Crippen LogP contribution in [0.4, 0.5) is 0 Å². The molecule has 0 fully saturated rings. The molecule has 2 rings (SSSR count). The topological polar surface area (TPSA) is 42.2 Å². The van der Waals surface area contributed by atoms with E-state index in [-0.39, 0.29) is 11.3 Å². The summed E-state index contributed by atoms with van der Waals surface area (Å²) in [5.74, 6) is -0.180. The molecule has 0 bridgehead atoms. The highest BCUT2D eigenvalue weighted by Gasteiger charge is 2.11. The Hall–Kier alpha value is -1.74. The minimum Gasteiger partial charge on any atom is -0.472 e. The predicted molar refractivity (Wildman–Crippen MR) is 66.1 cm³/mol. The lowest BCUT2D eigenvalue weighted by Crippen LogP contribution is -2.26. The summed E-state index contributed by atoms with van der Waals surface area (Å²) in [5.41, 5.74) is 1.49. The molecule has 1 aromatic carbocycles. The largest absolute Gasteiger partial charge is 0.472 e. The van der Waals surface area contributed by atoms with Crippen LogP contribution in [-0.4, -0.2) is 12.5 Å². The van der Waals surface area contributed by atoms with Gasteiger partial charge in [-0.3, -0.25) is 4.79 Å². The number of carbonyl (C=O) groups excluding carboxylic acids is 1. The number of carbonyl (C=O) groups is 1. The summed E-state index contributed by atoms with van der Waals surface area (Å²) in [7, 11) is 0. The first-order valence-electron chi connectivity index (χ1n) is 5.27. The van der Waals surface area contributed by atoms with Crippen LogP contribution in [0.15, 0.2) is 53.3 Å². The number of furan rings is 1. The van der Waals surface area contributed by atoms with Crippen molar-refractivity contribution < 1.29 is 9.21 Å². The van der Waals surface area contributed by atoms with Crippen molar-refractivity contribution in [1.29, 1.82) is 0 Å². The molecule has 1 unspecified atom stereocenters. The Morgan fingerprint density at radius 3 is 2.71 bits per heavy atom. The number of benzene rings is 1. The quantitative estimate of drug-likeness (QED) is 0.847. The standard InChI is InChI=1S/C13H12ClNO2/c14-12(10-4-2-1-3-5-10)8-15-13(16)11-6-7-17-9-11/h1-7,9,12H,8H2,(H,15,16). The van der Waals surface area contributed by atoms with Crippen LogP contribution in [-0.2, 0) is 0 Å². The molecule has 0 saturated heterocycles. The lowest BCUT2D eigenvalue weighted by Gasteiger charge is -2.10. The minimum absolute atomic E-state index is 0.180. The Bertz CT molecular complexity index is 467. The predicted octanol–water partition coefficient (Wildman–Crippen LogP) is 2.99. The van der Waals surface area contributed by atoms with Crippen LogP contribution in [0.1, 0.15) is 21.3 Å². The van der Waals surface area contributed by atoms with Gasteiger partial charge in [0, 0.05) is 6.54 Å². The van der Waals surface area contributed by atoms with Crippen LogP contribution in [0.5, 0.6) is 0 Å². The van der Waals surface area contributed by atoms with E-state index in [1.807, 2.05) is 30.3 Å². The Morgan fingerprint density at radius 1 is 1.29 bits per heavy atom. The van der Waals surface area contributed by atoms with Crippen LogP contribution in [0, 0.1) is 0 Å². The molecule has 1 heterocycles. The molecule has 2 aromatic rings. The number of alkyl halides is 1. The first kappa shape index (κ1) is 11.7. The van der Waals surface area contributed by atoms with Crippen LogP contribution in [0.2, 0.25) is 0 Å². The average Bonchev–Trinajstić information content (AvgIpc) is 2.90. The van der Waals surface area contributed by atoms with E-state index in [4.69, 9.17) is 16.0 Å². The van der Waals surface area contributed by atoms with Gasteiger partial charge in [0.05, 0.1) is 17.2 Å². The van der Waals surface area contributed by atoms with Crippen molar-refractivity contribution in [2.24, 2.45) is 0 Å². The molecule has 1 N–H and O–H groups in total. The lowest BCUT2D eigenvalue weighted by atomic mass is 10.1. The Labute approximate surface area is 104 Å². The van der Waals surface area contributed by atoms with Crippen molar-refractivity contribution >= 4 is 17.5 Å². The zero-order valence-corrected chi connectivity index (χ0v) is 9.85. The van der Waals surface area contributed by atoms with Gasteiger partial charge in [0.2, 0.25) is 0 Å². The third kappa shape index (κ3) is 3.11. The molecule has 3 nitrogen and oxygen atoms in total. The SMILES string of the molecule is O=C(NCC(Cl)c1ccccc1)c1ccoc1. The van der Waals surface area contributed by atoms with Crippen LogP contribution < -0.4 is 5.32 Å². The lowest BCUT2D eigenvalue weighted by molar-refractivity contribution is 0.0953. The molecule has 0 aliphatic carbocycles. The number of nitrogens with one attached hydrogen (secondary N) is 1. The fourth-order valence-corrected chi connectivity index (χ4v) is 1.68. The van der Waals surface area contributed by atoms with E-state index >= 15 is 0 Å². The van der Waals surface area contributed by atoms with E-state index in [1.54, 1.807) is 6.07 Å². The summed E-state index contributed by atoms with van der Waals surface area (Å²) in [4.78, 5) is 11.6. The first-order chi connectivity index (χ1) is 8.27. The third-order valence-corrected chi connectivity index (χ3v) is 2.79. The normalized spacial score (nSPS) is 12.1. The molecule has 0 aliphatic heterocycles. The second-order valence-corrected chi connectivity index (χ2v) is 4.13. The summed E-state index contributed by atoms with van der Waals surface area (Å²) in [6.45, 7) is 0.385. The van der Waals surface area contributed by atoms with Crippen molar-refractivity contribution in [3.63, 3.8) is 0 Å². The molecule has 1 atom stereocenters. The van der Waals surface area contributed by atoms with Gasteiger partial charge in [-0.05, 0) is 11.6 Å². The maximum absolute atomic E-state index is 11.6. The van der Waals surface area contributed by atoms with E-state index < -0.39 is 0 Å². The highest BCUT2D eigenvalue weighted by Crippen LogP contribution is 2.18. The molecule has 17 heavy (non-hydrogen) atoms. The molecule has 1 aromatic heterocycles. The van der Waals surface area contributed by atoms with Gasteiger partial charge >= 0.3 is 0 Å². The van der Waals surface area contributed by atoms with Crippen molar-refractivity contribution in [2.45, 2.75) is 5.38 Å². The van der Waals surface area contributed by atoms with Gasteiger partial charge in [-0.15, -0.1) is 11.6 Å². The van der Waals surface area contributed by atoms with Crippen LogP contribution in [0.3, 0.4) is 0 Å². The van der Waals surface area contributed by atoms with E-state index in [0.29, 0.717) is 12.1 Å². The second kappa shape index (κ2) is 5.55. The van der Waals surface area contributed by atoms with Crippen molar-refractivity contribution in [3.8, 4) is 0 Å². The van der Waals surface area contributed by atoms with Gasteiger partial charge in [-0.1, -0.05) is 30.3 Å². The van der Waals surface area contributed by atoms with E-state index in [0.717, 1.165) is 5.56 Å². The smallest absolute Gasteiger partial charge is 0.254 e. The monoisotopic (exact) mass is 249 g/mol. The first-order valence-corrected chi connectivity index (χ1v) is 5.70. The number of halogens is 1. The Balaban J connectivity index is 1.89. The van der Waals surface area contributed by atoms with E-state index in [1.165, 1.54) is 12.5 Å². The van der Waals surface area contributed by atoms with Crippen LogP contribution in [0.25, 0.3) is 0 Å². The second-order valence-electron chi connectivity index (χ2n) is 3.60. The maximum Gasteiger partial charge on any atom is 0.254 e. The van der Waals surface area contributed by atoms with Gasteiger partial charge in [-0.2, -0.15) is 0 Å². The van der Waals surface area contributed by atoms with Gasteiger partial charge in [0.15, 0.2) is 0 Å².